The van der Waals surface area contributed by atoms with Crippen molar-refractivity contribution in [2.45, 2.75) is 26.3 Å². The largest absolute Gasteiger partial charge is 0.478 e. The maximum atomic E-state index is 14.1. The number of halogens is 2. The standard InChI is InChI=1S/C15H20F2N2O2/c1-3-18(4-2)11-5-6-19(9-11)14-12(16)7-10(15(20)21)8-13(14)17/h7-8,11H,3-6,9H2,1-2H3,(H,20,21). The fourth-order valence-corrected chi connectivity index (χ4v) is 2.97. The number of carboxylic acids is 1. The van der Waals surface area contributed by atoms with Crippen molar-refractivity contribution >= 4 is 11.7 Å². The second-order valence-electron chi connectivity index (χ2n) is 5.20. The van der Waals surface area contributed by atoms with Crippen molar-refractivity contribution in [3.05, 3.63) is 29.3 Å². The van der Waals surface area contributed by atoms with E-state index < -0.39 is 17.6 Å². The average Bonchev–Trinajstić information content (AvgIpc) is 2.88. The lowest BCUT2D eigenvalue weighted by molar-refractivity contribution is 0.0695. The molecule has 1 aromatic rings. The molecule has 1 unspecified atom stereocenters. The smallest absolute Gasteiger partial charge is 0.335 e. The monoisotopic (exact) mass is 298 g/mol. The Kier molecular flexibility index (Phi) is 4.77. The van der Waals surface area contributed by atoms with Gasteiger partial charge in [-0.15, -0.1) is 0 Å². The Morgan fingerprint density at radius 2 is 1.90 bits per heavy atom. The maximum Gasteiger partial charge on any atom is 0.335 e. The highest BCUT2D eigenvalue weighted by Gasteiger charge is 2.30. The zero-order valence-corrected chi connectivity index (χ0v) is 12.3. The number of hydrogen-bond donors (Lipinski definition) is 1. The van der Waals surface area contributed by atoms with Gasteiger partial charge in [-0.25, -0.2) is 13.6 Å². The van der Waals surface area contributed by atoms with E-state index in [2.05, 4.69) is 18.7 Å². The van der Waals surface area contributed by atoms with Crippen LogP contribution in [0.25, 0.3) is 0 Å². The van der Waals surface area contributed by atoms with Gasteiger partial charge in [-0.05, 0) is 31.6 Å². The second kappa shape index (κ2) is 6.39. The van der Waals surface area contributed by atoms with Gasteiger partial charge in [-0.3, -0.25) is 4.90 Å². The van der Waals surface area contributed by atoms with Crippen LogP contribution in [-0.4, -0.2) is 48.2 Å². The van der Waals surface area contributed by atoms with E-state index in [1.165, 1.54) is 0 Å². The summed E-state index contributed by atoms with van der Waals surface area (Å²) < 4.78 is 28.1. The first-order valence-electron chi connectivity index (χ1n) is 7.19. The van der Waals surface area contributed by atoms with E-state index in [-0.39, 0.29) is 17.3 Å². The third-order valence-corrected chi connectivity index (χ3v) is 4.07. The van der Waals surface area contributed by atoms with E-state index in [1.807, 2.05) is 0 Å². The molecule has 6 heteroatoms. The zero-order valence-electron chi connectivity index (χ0n) is 12.3. The molecule has 1 atom stereocenters. The third kappa shape index (κ3) is 3.15. The van der Waals surface area contributed by atoms with Gasteiger partial charge in [0.1, 0.15) is 17.3 Å². The minimum atomic E-state index is -1.33. The van der Waals surface area contributed by atoms with Crippen LogP contribution in [0.3, 0.4) is 0 Å². The summed E-state index contributed by atoms with van der Waals surface area (Å²) in [6, 6.07) is 2.04. The van der Waals surface area contributed by atoms with Crippen molar-refractivity contribution in [1.82, 2.24) is 4.90 Å². The minimum Gasteiger partial charge on any atom is -0.478 e. The predicted molar refractivity (Wildman–Crippen MR) is 76.9 cm³/mol. The molecular formula is C15H20F2N2O2. The van der Waals surface area contributed by atoms with E-state index in [9.17, 15) is 13.6 Å². The minimum absolute atomic E-state index is 0.116. The molecule has 21 heavy (non-hydrogen) atoms. The molecule has 0 amide bonds. The summed E-state index contributed by atoms with van der Waals surface area (Å²) in [5.41, 5.74) is -0.483. The normalized spacial score (nSPS) is 18.5. The Morgan fingerprint density at radius 3 is 2.38 bits per heavy atom. The predicted octanol–water partition coefficient (Wildman–Crippen LogP) is 2.58. The molecule has 0 radical (unpaired) electrons. The van der Waals surface area contributed by atoms with Gasteiger partial charge in [-0.2, -0.15) is 0 Å². The first kappa shape index (κ1) is 15.7. The molecule has 0 spiro atoms. The molecule has 1 N–H and O–H groups in total. The van der Waals surface area contributed by atoms with Crippen LogP contribution in [-0.2, 0) is 0 Å². The molecule has 116 valence electrons. The van der Waals surface area contributed by atoms with E-state index in [1.54, 1.807) is 4.90 Å². The van der Waals surface area contributed by atoms with Crippen molar-refractivity contribution in [1.29, 1.82) is 0 Å². The van der Waals surface area contributed by atoms with Crippen LogP contribution in [0, 0.1) is 11.6 Å². The molecule has 4 nitrogen and oxygen atoms in total. The molecule has 0 bridgehead atoms. The van der Waals surface area contributed by atoms with Crippen LogP contribution in [0.1, 0.15) is 30.6 Å². The van der Waals surface area contributed by atoms with Crippen LogP contribution in [0.4, 0.5) is 14.5 Å². The van der Waals surface area contributed by atoms with Gasteiger partial charge in [0.25, 0.3) is 0 Å². The molecule has 1 aliphatic rings. The number of carbonyl (C=O) groups is 1. The summed E-state index contributed by atoms with van der Waals surface area (Å²) in [5.74, 6) is -2.96. The van der Waals surface area contributed by atoms with Crippen LogP contribution in [0.15, 0.2) is 12.1 Å². The van der Waals surface area contributed by atoms with E-state index in [0.29, 0.717) is 13.1 Å². The average molecular weight is 298 g/mol. The van der Waals surface area contributed by atoms with Gasteiger partial charge < -0.3 is 10.0 Å². The molecule has 0 saturated carbocycles. The molecule has 1 fully saturated rings. The fraction of sp³-hybridized carbons (Fsp3) is 0.533. The Hall–Kier alpha value is -1.69. The summed E-state index contributed by atoms with van der Waals surface area (Å²) in [7, 11) is 0. The molecule has 1 aliphatic heterocycles. The summed E-state index contributed by atoms with van der Waals surface area (Å²) in [6.07, 6.45) is 0.848. The number of nitrogens with zero attached hydrogens (tertiary/aromatic N) is 2. The quantitative estimate of drug-likeness (QED) is 0.907. The van der Waals surface area contributed by atoms with Gasteiger partial charge in [-0.1, -0.05) is 13.8 Å². The lowest BCUT2D eigenvalue weighted by Gasteiger charge is -2.27. The van der Waals surface area contributed by atoms with Crippen LogP contribution in [0.2, 0.25) is 0 Å². The number of benzene rings is 1. The summed E-state index contributed by atoms with van der Waals surface area (Å²) in [6.45, 7) is 7.06. The number of rotatable bonds is 5. The first-order chi connectivity index (χ1) is 9.97. The first-order valence-corrected chi connectivity index (χ1v) is 7.19. The van der Waals surface area contributed by atoms with Crippen molar-refractivity contribution in [3.63, 3.8) is 0 Å². The van der Waals surface area contributed by atoms with E-state index >= 15 is 0 Å². The molecule has 0 aromatic heterocycles. The molecule has 1 saturated heterocycles. The van der Waals surface area contributed by atoms with E-state index in [4.69, 9.17) is 5.11 Å². The number of carboxylic acid groups (broad SMARTS) is 1. The summed E-state index contributed by atoms with van der Waals surface area (Å²) in [5, 5.41) is 8.81. The Morgan fingerprint density at radius 1 is 1.33 bits per heavy atom. The SMILES string of the molecule is CCN(CC)C1CCN(c2c(F)cc(C(=O)O)cc2F)C1. The van der Waals surface area contributed by atoms with Crippen LogP contribution >= 0.6 is 0 Å². The highest BCUT2D eigenvalue weighted by Crippen LogP contribution is 2.29. The highest BCUT2D eigenvalue weighted by atomic mass is 19.1. The lowest BCUT2D eigenvalue weighted by Crippen LogP contribution is -2.37. The summed E-state index contributed by atoms with van der Waals surface area (Å²) in [4.78, 5) is 14.7. The van der Waals surface area contributed by atoms with Gasteiger partial charge in [0.15, 0.2) is 0 Å². The topological polar surface area (TPSA) is 43.8 Å². The molecule has 2 rings (SSSR count). The molecule has 1 aromatic carbocycles. The van der Waals surface area contributed by atoms with Crippen molar-refractivity contribution < 1.29 is 18.7 Å². The number of hydrogen-bond acceptors (Lipinski definition) is 3. The highest BCUT2D eigenvalue weighted by molar-refractivity contribution is 5.88. The van der Waals surface area contributed by atoms with Gasteiger partial charge >= 0.3 is 5.97 Å². The Bertz CT molecular complexity index is 509. The number of aromatic carboxylic acids is 1. The number of anilines is 1. The van der Waals surface area contributed by atoms with E-state index in [0.717, 1.165) is 31.6 Å². The molecule has 0 aliphatic carbocycles. The Balaban J connectivity index is 2.22. The number of likely N-dealkylation sites (N-methyl/N-ethyl adjacent to an activating group) is 1. The van der Waals surface area contributed by atoms with Crippen molar-refractivity contribution in [3.8, 4) is 0 Å². The van der Waals surface area contributed by atoms with Gasteiger partial charge in [0.05, 0.1) is 5.56 Å². The molecular weight excluding hydrogens is 278 g/mol. The Labute approximate surface area is 123 Å². The fourth-order valence-electron chi connectivity index (χ4n) is 2.97. The maximum absolute atomic E-state index is 14.1. The molecule has 1 heterocycles. The van der Waals surface area contributed by atoms with Crippen LogP contribution in [0.5, 0.6) is 0 Å². The third-order valence-electron chi connectivity index (χ3n) is 4.07. The van der Waals surface area contributed by atoms with Crippen molar-refractivity contribution in [2.24, 2.45) is 0 Å². The second-order valence-corrected chi connectivity index (χ2v) is 5.20. The zero-order chi connectivity index (χ0) is 15.6. The summed E-state index contributed by atoms with van der Waals surface area (Å²) >= 11 is 0. The van der Waals surface area contributed by atoms with Crippen molar-refractivity contribution in [2.75, 3.05) is 31.1 Å². The van der Waals surface area contributed by atoms with Gasteiger partial charge in [0, 0.05) is 19.1 Å². The van der Waals surface area contributed by atoms with Gasteiger partial charge in [0.2, 0.25) is 0 Å². The van der Waals surface area contributed by atoms with Crippen LogP contribution < -0.4 is 4.90 Å². The lowest BCUT2D eigenvalue weighted by atomic mass is 10.1.